The Labute approximate surface area is 191 Å². The second-order valence-electron chi connectivity index (χ2n) is 9.83. The molecule has 1 aliphatic carbocycles. The van der Waals surface area contributed by atoms with Crippen LogP contribution in [0, 0.1) is 11.3 Å². The molecule has 1 aromatic carbocycles. The molecular weight excluding hydrogens is 430 g/mol. The fourth-order valence-electron chi connectivity index (χ4n) is 5.29. The van der Waals surface area contributed by atoms with Crippen LogP contribution in [0.1, 0.15) is 40.0 Å². The molecule has 0 radical (unpaired) electrons. The van der Waals surface area contributed by atoms with Crippen molar-refractivity contribution in [3.05, 3.63) is 18.2 Å². The van der Waals surface area contributed by atoms with Crippen LogP contribution >= 0.6 is 0 Å². The Morgan fingerprint density at radius 3 is 2.64 bits per heavy atom. The van der Waals surface area contributed by atoms with Crippen molar-refractivity contribution in [2.45, 2.75) is 45.6 Å². The molecule has 2 atom stereocenters. The number of hydrogen-bond acceptors (Lipinski definition) is 7. The van der Waals surface area contributed by atoms with Crippen LogP contribution in [0.5, 0.6) is 11.5 Å². The van der Waals surface area contributed by atoms with Gasteiger partial charge in [0.25, 0.3) is 11.8 Å². The molecular formula is C23H29N3O7. The van der Waals surface area contributed by atoms with E-state index in [0.29, 0.717) is 43.2 Å². The summed E-state index contributed by atoms with van der Waals surface area (Å²) in [4.78, 5) is 50.9. The van der Waals surface area contributed by atoms with Gasteiger partial charge in [0, 0.05) is 11.8 Å². The summed E-state index contributed by atoms with van der Waals surface area (Å²) >= 11 is 0. The largest absolute Gasteiger partial charge is 0.486 e. The molecule has 33 heavy (non-hydrogen) atoms. The lowest BCUT2D eigenvalue weighted by atomic mass is 9.64. The van der Waals surface area contributed by atoms with E-state index in [1.807, 2.05) is 0 Å². The molecule has 3 aliphatic rings. The first-order chi connectivity index (χ1) is 15.6. The average molecular weight is 459 g/mol. The van der Waals surface area contributed by atoms with Crippen molar-refractivity contribution in [1.29, 1.82) is 0 Å². The highest BCUT2D eigenvalue weighted by Gasteiger charge is 2.56. The van der Waals surface area contributed by atoms with Gasteiger partial charge in [-0.25, -0.2) is 4.79 Å². The molecule has 0 aromatic heterocycles. The van der Waals surface area contributed by atoms with Crippen molar-refractivity contribution in [2.75, 3.05) is 31.7 Å². The number of nitrogens with one attached hydrogen (secondary N) is 2. The minimum Gasteiger partial charge on any atom is -0.486 e. The zero-order chi connectivity index (χ0) is 23.8. The van der Waals surface area contributed by atoms with E-state index in [9.17, 15) is 19.2 Å². The number of esters is 1. The molecule has 178 valence electrons. The molecule has 1 spiro atoms. The van der Waals surface area contributed by atoms with Gasteiger partial charge in [-0.15, -0.1) is 0 Å². The molecule has 2 fully saturated rings. The third-order valence-corrected chi connectivity index (χ3v) is 6.10. The molecule has 1 aromatic rings. The van der Waals surface area contributed by atoms with Crippen molar-refractivity contribution < 1.29 is 33.4 Å². The predicted molar refractivity (Wildman–Crippen MR) is 117 cm³/mol. The lowest BCUT2D eigenvalue weighted by Gasteiger charge is -2.43. The van der Waals surface area contributed by atoms with Crippen LogP contribution in [0.15, 0.2) is 18.2 Å². The number of fused-ring (bicyclic) bond motifs is 1. The zero-order valence-electron chi connectivity index (χ0n) is 19.1. The minimum atomic E-state index is -0.992. The van der Waals surface area contributed by atoms with Crippen LogP contribution in [0.4, 0.5) is 10.5 Å². The van der Waals surface area contributed by atoms with Gasteiger partial charge in [0.2, 0.25) is 0 Å². The summed E-state index contributed by atoms with van der Waals surface area (Å²) in [6, 6.07) is 4.33. The number of carbonyl (C=O) groups excluding carboxylic acids is 4. The summed E-state index contributed by atoms with van der Waals surface area (Å²) in [5, 5.41) is 5.42. The summed E-state index contributed by atoms with van der Waals surface area (Å²) in [6.45, 7) is 5.98. The molecule has 2 N–H and O–H groups in total. The number of rotatable bonds is 5. The molecule has 10 heteroatoms. The maximum absolute atomic E-state index is 13.1. The van der Waals surface area contributed by atoms with Gasteiger partial charge >= 0.3 is 12.0 Å². The number of ether oxygens (including phenoxy) is 3. The molecule has 10 nitrogen and oxygen atoms in total. The average Bonchev–Trinajstić information content (AvgIpc) is 2.94. The van der Waals surface area contributed by atoms with Gasteiger partial charge in [0.05, 0.1) is 0 Å². The molecule has 1 saturated heterocycles. The number of anilines is 1. The van der Waals surface area contributed by atoms with Crippen molar-refractivity contribution in [3.63, 3.8) is 0 Å². The fourth-order valence-corrected chi connectivity index (χ4v) is 5.29. The van der Waals surface area contributed by atoms with Crippen molar-refractivity contribution >= 4 is 29.5 Å². The fraction of sp³-hybridized carbons (Fsp3) is 0.565. The van der Waals surface area contributed by atoms with Crippen LogP contribution in [0.2, 0.25) is 0 Å². The number of amides is 4. The van der Waals surface area contributed by atoms with Gasteiger partial charge in [-0.3, -0.25) is 19.3 Å². The van der Waals surface area contributed by atoms with Gasteiger partial charge < -0.3 is 24.8 Å². The van der Waals surface area contributed by atoms with E-state index in [4.69, 9.17) is 14.2 Å². The highest BCUT2D eigenvalue weighted by molar-refractivity contribution is 6.09. The third kappa shape index (κ3) is 4.89. The summed E-state index contributed by atoms with van der Waals surface area (Å²) < 4.78 is 15.9. The van der Waals surface area contributed by atoms with E-state index < -0.39 is 42.5 Å². The van der Waals surface area contributed by atoms with Gasteiger partial charge in [-0.05, 0) is 42.7 Å². The van der Waals surface area contributed by atoms with Crippen molar-refractivity contribution in [1.82, 2.24) is 10.2 Å². The first-order valence-corrected chi connectivity index (χ1v) is 11.1. The lowest BCUT2D eigenvalue weighted by molar-refractivity contribution is -0.150. The Morgan fingerprint density at radius 1 is 1.18 bits per heavy atom. The molecule has 4 amide bonds. The van der Waals surface area contributed by atoms with Crippen LogP contribution in [-0.4, -0.2) is 60.6 Å². The Balaban J connectivity index is 1.30. The van der Waals surface area contributed by atoms with Crippen molar-refractivity contribution in [2.24, 2.45) is 11.3 Å². The smallest absolute Gasteiger partial charge is 0.326 e. The van der Waals surface area contributed by atoms with E-state index in [2.05, 4.69) is 31.4 Å². The summed E-state index contributed by atoms with van der Waals surface area (Å²) in [5.41, 5.74) is -0.637. The molecule has 0 unspecified atom stereocenters. The van der Waals surface area contributed by atoms with Gasteiger partial charge in [-0.2, -0.15) is 0 Å². The lowest BCUT2D eigenvalue weighted by Crippen LogP contribution is -2.54. The SMILES string of the molecule is C[C@H]1CC(C)(C)C[C@]2(C1)NC(=O)N(CC(=O)OCC(=O)Nc1ccc3c(c1)OCCO3)C2=O. The number of carbonyl (C=O) groups is 4. The number of urea groups is 1. The number of hydrogen-bond donors (Lipinski definition) is 2. The van der Waals surface area contributed by atoms with Crippen LogP contribution in [0.25, 0.3) is 0 Å². The summed E-state index contributed by atoms with van der Waals surface area (Å²) in [6.07, 6.45) is 2.00. The molecule has 2 aliphatic heterocycles. The first-order valence-electron chi connectivity index (χ1n) is 11.1. The highest BCUT2D eigenvalue weighted by Crippen LogP contribution is 2.46. The Hall–Kier alpha value is -3.30. The standard InChI is InChI=1S/C23H29N3O7/c1-14-9-22(2,3)13-23(10-14)20(29)26(21(30)25-23)11-19(28)33-12-18(27)24-15-4-5-16-17(8-15)32-7-6-31-16/h4-5,8,14H,6-7,9-13H2,1-3H3,(H,24,27)(H,25,30)/t14-,23-/m0/s1. The quantitative estimate of drug-likeness (QED) is 0.510. The third-order valence-electron chi connectivity index (χ3n) is 6.10. The van der Waals surface area contributed by atoms with E-state index in [1.54, 1.807) is 18.2 Å². The van der Waals surface area contributed by atoms with Gasteiger partial charge in [0.15, 0.2) is 18.1 Å². The molecule has 4 rings (SSSR count). The summed E-state index contributed by atoms with van der Waals surface area (Å²) in [7, 11) is 0. The second kappa shape index (κ2) is 8.57. The van der Waals surface area contributed by atoms with Crippen LogP contribution in [-0.2, 0) is 19.1 Å². The zero-order valence-corrected chi connectivity index (χ0v) is 19.1. The van der Waals surface area contributed by atoms with Crippen LogP contribution in [0.3, 0.4) is 0 Å². The summed E-state index contributed by atoms with van der Waals surface area (Å²) in [5.74, 6) is -0.442. The number of benzene rings is 1. The first kappa shape index (κ1) is 22.9. The molecule has 1 saturated carbocycles. The van der Waals surface area contributed by atoms with E-state index in [-0.39, 0.29) is 11.3 Å². The highest BCUT2D eigenvalue weighted by atomic mass is 16.6. The topological polar surface area (TPSA) is 123 Å². The Kier molecular flexibility index (Phi) is 5.94. The minimum absolute atomic E-state index is 0.108. The second-order valence-corrected chi connectivity index (χ2v) is 9.83. The van der Waals surface area contributed by atoms with Crippen LogP contribution < -0.4 is 20.1 Å². The monoisotopic (exact) mass is 459 g/mol. The predicted octanol–water partition coefficient (Wildman–Crippen LogP) is 2.08. The Morgan fingerprint density at radius 2 is 1.91 bits per heavy atom. The molecule has 2 heterocycles. The van der Waals surface area contributed by atoms with E-state index >= 15 is 0 Å². The van der Waals surface area contributed by atoms with E-state index in [1.165, 1.54) is 0 Å². The number of imide groups is 1. The van der Waals surface area contributed by atoms with Crippen molar-refractivity contribution in [3.8, 4) is 11.5 Å². The maximum atomic E-state index is 13.1. The normalized spacial score (nSPS) is 25.5. The Bertz CT molecular complexity index is 992. The maximum Gasteiger partial charge on any atom is 0.326 e. The van der Waals surface area contributed by atoms with E-state index in [0.717, 1.165) is 11.3 Å². The molecule has 0 bridgehead atoms. The number of nitrogens with zero attached hydrogens (tertiary/aromatic N) is 1. The van der Waals surface area contributed by atoms with Gasteiger partial charge in [0.1, 0.15) is 25.3 Å². The van der Waals surface area contributed by atoms with Gasteiger partial charge in [-0.1, -0.05) is 20.8 Å².